The lowest BCUT2D eigenvalue weighted by Gasteiger charge is -2.21. The number of anilines is 1. The third-order valence-electron chi connectivity index (χ3n) is 7.18. The van der Waals surface area contributed by atoms with Gasteiger partial charge in [0.25, 0.3) is 11.5 Å². The minimum absolute atomic E-state index is 0.0410. The summed E-state index contributed by atoms with van der Waals surface area (Å²) in [6.45, 7) is 2.54. The Morgan fingerprint density at radius 1 is 0.929 bits per heavy atom. The van der Waals surface area contributed by atoms with E-state index in [1.54, 1.807) is 30.3 Å². The lowest BCUT2D eigenvalue weighted by atomic mass is 9.98. The molecular weight excluding hydrogens is 534 g/mol. The zero-order chi connectivity index (χ0) is 29.5. The summed E-state index contributed by atoms with van der Waals surface area (Å²) in [7, 11) is 0. The number of alkyl carbamates (subject to hydrolysis) is 1. The van der Waals surface area contributed by atoms with Crippen LogP contribution in [0.4, 0.5) is 10.5 Å². The van der Waals surface area contributed by atoms with Crippen LogP contribution in [0, 0.1) is 0 Å². The minimum atomic E-state index is -0.564. The number of aromatic nitrogens is 2. The molecular formula is C32H31N5O5. The fourth-order valence-corrected chi connectivity index (χ4v) is 5.04. The van der Waals surface area contributed by atoms with Crippen LogP contribution in [0.2, 0.25) is 0 Å². The van der Waals surface area contributed by atoms with E-state index in [-0.39, 0.29) is 49.7 Å². The Balaban J connectivity index is 1.09. The van der Waals surface area contributed by atoms with Gasteiger partial charge in [-0.05, 0) is 41.3 Å². The van der Waals surface area contributed by atoms with Crippen molar-refractivity contribution in [2.24, 2.45) is 0 Å². The number of rotatable bonds is 10. The molecule has 42 heavy (non-hydrogen) atoms. The highest BCUT2D eigenvalue weighted by atomic mass is 16.5. The third kappa shape index (κ3) is 6.38. The Morgan fingerprint density at radius 2 is 1.57 bits per heavy atom. The van der Waals surface area contributed by atoms with Gasteiger partial charge in [-0.25, -0.2) is 9.48 Å². The molecule has 0 aliphatic heterocycles. The van der Waals surface area contributed by atoms with Gasteiger partial charge >= 0.3 is 6.09 Å². The summed E-state index contributed by atoms with van der Waals surface area (Å²) < 4.78 is 6.58. The number of hydrogen-bond acceptors (Lipinski definition) is 6. The van der Waals surface area contributed by atoms with E-state index in [4.69, 9.17) is 4.74 Å². The molecule has 5 rings (SSSR count). The Labute approximate surface area is 242 Å². The van der Waals surface area contributed by atoms with Gasteiger partial charge in [0.1, 0.15) is 13.2 Å². The molecule has 0 radical (unpaired) electrons. The van der Waals surface area contributed by atoms with E-state index >= 15 is 0 Å². The first-order valence-electron chi connectivity index (χ1n) is 13.7. The van der Waals surface area contributed by atoms with Gasteiger partial charge in [0, 0.05) is 37.2 Å². The van der Waals surface area contributed by atoms with Crippen molar-refractivity contribution in [2.45, 2.75) is 19.4 Å². The molecule has 1 aliphatic rings. The molecule has 3 amide bonds. The van der Waals surface area contributed by atoms with Crippen molar-refractivity contribution in [3.63, 3.8) is 0 Å². The third-order valence-corrected chi connectivity index (χ3v) is 7.18. The van der Waals surface area contributed by atoms with Gasteiger partial charge in [0.15, 0.2) is 0 Å². The molecule has 0 fully saturated rings. The molecule has 1 heterocycles. The highest BCUT2D eigenvalue weighted by molar-refractivity contribution is 6.04. The van der Waals surface area contributed by atoms with Crippen molar-refractivity contribution >= 4 is 23.6 Å². The van der Waals surface area contributed by atoms with Gasteiger partial charge in [0.2, 0.25) is 5.91 Å². The second-order valence-electron chi connectivity index (χ2n) is 9.79. The monoisotopic (exact) mass is 565 g/mol. The molecule has 10 heteroatoms. The number of nitrogens with one attached hydrogen (secondary N) is 2. The highest BCUT2D eigenvalue weighted by Gasteiger charge is 2.29. The molecule has 3 aromatic carbocycles. The zero-order valence-corrected chi connectivity index (χ0v) is 23.2. The van der Waals surface area contributed by atoms with E-state index < -0.39 is 11.7 Å². The zero-order valence-electron chi connectivity index (χ0n) is 23.2. The van der Waals surface area contributed by atoms with Gasteiger partial charge in [-0.2, -0.15) is 5.10 Å². The van der Waals surface area contributed by atoms with Gasteiger partial charge < -0.3 is 20.3 Å². The maximum absolute atomic E-state index is 12.9. The average Bonchev–Trinajstić information content (AvgIpc) is 3.33. The standard InChI is InChI=1S/C32H31N5O5/c1-2-36(30(39)20-37-29(38)18-23(19-34-37)35-31(40)22-10-4-3-5-11-22)17-16-33-32(41)42-21-28-26-14-8-6-12-24(26)25-13-7-9-15-27(25)28/h3-15,18-19,28H,2,16-17,20-21H2,1H3,(H,33,41)(H,35,40). The van der Waals surface area contributed by atoms with E-state index in [1.807, 2.05) is 31.2 Å². The molecule has 214 valence electrons. The summed E-state index contributed by atoms with van der Waals surface area (Å²) in [6, 6.07) is 26.0. The lowest BCUT2D eigenvalue weighted by molar-refractivity contribution is -0.131. The second-order valence-corrected chi connectivity index (χ2v) is 9.79. The first kappa shape index (κ1) is 28.3. The molecule has 0 saturated carbocycles. The average molecular weight is 566 g/mol. The Kier molecular flexibility index (Phi) is 8.72. The molecule has 0 atom stereocenters. The summed E-state index contributed by atoms with van der Waals surface area (Å²) in [5, 5.41) is 9.37. The smallest absolute Gasteiger partial charge is 0.407 e. The molecule has 10 nitrogen and oxygen atoms in total. The second kappa shape index (κ2) is 12.9. The first-order chi connectivity index (χ1) is 20.4. The van der Waals surface area contributed by atoms with Crippen molar-refractivity contribution in [3.8, 4) is 11.1 Å². The summed E-state index contributed by atoms with van der Waals surface area (Å²) in [4.78, 5) is 51.7. The van der Waals surface area contributed by atoms with E-state index in [2.05, 4.69) is 40.0 Å². The lowest BCUT2D eigenvalue weighted by Crippen LogP contribution is -2.41. The number of nitrogens with zero attached hydrogens (tertiary/aromatic N) is 3. The molecule has 0 spiro atoms. The topological polar surface area (TPSA) is 123 Å². The van der Waals surface area contributed by atoms with Crippen molar-refractivity contribution in [1.82, 2.24) is 20.0 Å². The molecule has 0 saturated heterocycles. The van der Waals surface area contributed by atoms with Crippen LogP contribution in [0.5, 0.6) is 0 Å². The molecule has 0 unspecified atom stereocenters. The van der Waals surface area contributed by atoms with Crippen molar-refractivity contribution < 1.29 is 19.1 Å². The van der Waals surface area contributed by atoms with Crippen LogP contribution in [0.1, 0.15) is 34.3 Å². The van der Waals surface area contributed by atoms with Crippen molar-refractivity contribution in [1.29, 1.82) is 0 Å². The van der Waals surface area contributed by atoms with Crippen LogP contribution in [-0.4, -0.2) is 58.8 Å². The highest BCUT2D eigenvalue weighted by Crippen LogP contribution is 2.44. The van der Waals surface area contributed by atoms with E-state index in [1.165, 1.54) is 17.2 Å². The van der Waals surface area contributed by atoms with E-state index in [0.717, 1.165) is 26.9 Å². The van der Waals surface area contributed by atoms with Crippen LogP contribution in [-0.2, 0) is 16.1 Å². The normalized spacial score (nSPS) is 11.7. The van der Waals surface area contributed by atoms with E-state index in [0.29, 0.717) is 12.1 Å². The van der Waals surface area contributed by atoms with Crippen molar-refractivity contribution in [2.75, 3.05) is 31.6 Å². The minimum Gasteiger partial charge on any atom is -0.449 e. The largest absolute Gasteiger partial charge is 0.449 e. The van der Waals surface area contributed by atoms with Gasteiger partial charge in [-0.1, -0.05) is 66.7 Å². The maximum Gasteiger partial charge on any atom is 0.407 e. The Hall–Kier alpha value is -5.25. The van der Waals surface area contributed by atoms with Crippen LogP contribution >= 0.6 is 0 Å². The number of carbonyl (C=O) groups is 3. The maximum atomic E-state index is 12.9. The van der Waals surface area contributed by atoms with Gasteiger partial charge in [0.05, 0.1) is 11.9 Å². The summed E-state index contributed by atoms with van der Waals surface area (Å²) in [5.74, 6) is -0.741. The molecule has 0 bridgehead atoms. The molecule has 1 aromatic heterocycles. The summed E-state index contributed by atoms with van der Waals surface area (Å²) >= 11 is 0. The SMILES string of the molecule is CCN(CCNC(=O)OCC1c2ccccc2-c2ccccc21)C(=O)Cn1ncc(NC(=O)c2ccccc2)cc1=O. The number of ether oxygens (including phenoxy) is 1. The number of benzene rings is 3. The van der Waals surface area contributed by atoms with Crippen LogP contribution in [0.15, 0.2) is 95.9 Å². The fraction of sp³-hybridized carbons (Fsp3) is 0.219. The van der Waals surface area contributed by atoms with Crippen LogP contribution in [0.3, 0.4) is 0 Å². The number of hydrogen-bond donors (Lipinski definition) is 2. The predicted octanol–water partition coefficient (Wildman–Crippen LogP) is 3.88. The molecule has 2 N–H and O–H groups in total. The summed E-state index contributed by atoms with van der Waals surface area (Å²) in [6.07, 6.45) is 0.760. The van der Waals surface area contributed by atoms with Crippen molar-refractivity contribution in [3.05, 3.63) is 118 Å². The summed E-state index contributed by atoms with van der Waals surface area (Å²) in [5.41, 5.74) is 4.72. The van der Waals surface area contributed by atoms with E-state index in [9.17, 15) is 19.2 Å². The Morgan fingerprint density at radius 3 is 2.21 bits per heavy atom. The molecule has 1 aliphatic carbocycles. The number of carbonyl (C=O) groups excluding carboxylic acids is 3. The number of amides is 3. The van der Waals surface area contributed by atoms with Gasteiger partial charge in [-0.3, -0.25) is 14.4 Å². The number of likely N-dealkylation sites (N-methyl/N-ethyl adjacent to an activating group) is 1. The fourth-order valence-electron chi connectivity index (χ4n) is 5.04. The first-order valence-corrected chi connectivity index (χ1v) is 13.7. The van der Waals surface area contributed by atoms with Crippen LogP contribution in [0.25, 0.3) is 11.1 Å². The number of fused-ring (bicyclic) bond motifs is 3. The molecule has 4 aromatic rings. The van der Waals surface area contributed by atoms with Gasteiger partial charge in [-0.15, -0.1) is 0 Å². The Bertz CT molecular complexity index is 1610. The van der Waals surface area contributed by atoms with Crippen LogP contribution < -0.4 is 16.2 Å². The quantitative estimate of drug-likeness (QED) is 0.301. The predicted molar refractivity (Wildman–Crippen MR) is 158 cm³/mol.